The maximum atomic E-state index is 12.0. The molecule has 0 heterocycles. The second kappa shape index (κ2) is 10.9. The molecule has 0 aromatic heterocycles. The molecule has 7 heteroatoms. The first-order valence-corrected chi connectivity index (χ1v) is 9.13. The van der Waals surface area contributed by atoms with E-state index in [1.165, 1.54) is 13.2 Å². The number of hydrogen-bond acceptors (Lipinski definition) is 5. The Morgan fingerprint density at radius 2 is 1.97 bits per heavy atom. The summed E-state index contributed by atoms with van der Waals surface area (Å²) < 4.78 is 15.7. The van der Waals surface area contributed by atoms with E-state index in [0.717, 1.165) is 5.56 Å². The predicted octanol–water partition coefficient (Wildman–Crippen LogP) is 4.42. The summed E-state index contributed by atoms with van der Waals surface area (Å²) in [5, 5.41) is 3.25. The maximum Gasteiger partial charge on any atom is 0.331 e. The van der Waals surface area contributed by atoms with Crippen molar-refractivity contribution in [3.05, 3.63) is 71.3 Å². The molecular formula is C22H22ClNO5. The predicted molar refractivity (Wildman–Crippen MR) is 113 cm³/mol. The monoisotopic (exact) mass is 415 g/mol. The third-order valence-electron chi connectivity index (χ3n) is 3.76. The summed E-state index contributed by atoms with van der Waals surface area (Å²) in [6, 6.07) is 10.3. The molecule has 0 aliphatic carbocycles. The Kier molecular flexibility index (Phi) is 8.30. The molecule has 0 bridgehead atoms. The van der Waals surface area contributed by atoms with Crippen molar-refractivity contribution >= 4 is 35.2 Å². The average Bonchev–Trinajstić information content (AvgIpc) is 2.71. The zero-order valence-corrected chi connectivity index (χ0v) is 17.0. The van der Waals surface area contributed by atoms with Crippen molar-refractivity contribution in [1.29, 1.82) is 0 Å². The molecule has 0 aliphatic rings. The fourth-order valence-corrected chi connectivity index (χ4v) is 2.59. The van der Waals surface area contributed by atoms with Gasteiger partial charge >= 0.3 is 5.97 Å². The van der Waals surface area contributed by atoms with E-state index in [4.69, 9.17) is 25.8 Å². The average molecular weight is 416 g/mol. The van der Waals surface area contributed by atoms with Crippen molar-refractivity contribution in [1.82, 2.24) is 0 Å². The van der Waals surface area contributed by atoms with Gasteiger partial charge in [0.25, 0.3) is 5.91 Å². The molecule has 0 saturated heterocycles. The van der Waals surface area contributed by atoms with Crippen LogP contribution in [0.3, 0.4) is 0 Å². The fourth-order valence-electron chi connectivity index (χ4n) is 2.36. The minimum Gasteiger partial charge on any atom is -0.493 e. The van der Waals surface area contributed by atoms with E-state index < -0.39 is 18.5 Å². The smallest absolute Gasteiger partial charge is 0.331 e. The lowest BCUT2D eigenvalue weighted by molar-refractivity contribution is -0.142. The molecule has 0 saturated carbocycles. The number of halogens is 1. The van der Waals surface area contributed by atoms with Crippen molar-refractivity contribution in [3.8, 4) is 11.5 Å². The fraction of sp³-hybridized carbons (Fsp3) is 0.182. The molecule has 6 nitrogen and oxygen atoms in total. The molecule has 0 spiro atoms. The van der Waals surface area contributed by atoms with E-state index in [1.807, 2.05) is 6.92 Å². The van der Waals surface area contributed by atoms with Crippen LogP contribution in [0.2, 0.25) is 5.02 Å². The molecule has 1 amide bonds. The van der Waals surface area contributed by atoms with Crippen molar-refractivity contribution in [2.24, 2.45) is 0 Å². The molecule has 0 radical (unpaired) electrons. The Balaban J connectivity index is 1.88. The van der Waals surface area contributed by atoms with E-state index >= 15 is 0 Å². The molecule has 2 rings (SSSR count). The van der Waals surface area contributed by atoms with E-state index in [9.17, 15) is 9.59 Å². The van der Waals surface area contributed by atoms with Crippen molar-refractivity contribution < 1.29 is 23.8 Å². The lowest BCUT2D eigenvalue weighted by Gasteiger charge is -2.10. The summed E-state index contributed by atoms with van der Waals surface area (Å²) in [5.74, 6) is 0.0165. The van der Waals surface area contributed by atoms with Gasteiger partial charge in [0.2, 0.25) is 0 Å². The van der Waals surface area contributed by atoms with Crippen LogP contribution in [0.4, 0.5) is 5.69 Å². The molecule has 2 aromatic carbocycles. The van der Waals surface area contributed by atoms with Crippen molar-refractivity contribution in [2.75, 3.05) is 25.6 Å². The molecule has 0 unspecified atom stereocenters. The van der Waals surface area contributed by atoms with E-state index in [0.29, 0.717) is 34.4 Å². The second-order valence-electron chi connectivity index (χ2n) is 5.96. The van der Waals surface area contributed by atoms with Gasteiger partial charge in [-0.2, -0.15) is 0 Å². The number of amides is 1. The maximum absolute atomic E-state index is 12.0. The largest absolute Gasteiger partial charge is 0.493 e. The highest BCUT2D eigenvalue weighted by atomic mass is 35.5. The number of methoxy groups -OCH3 is 1. The van der Waals surface area contributed by atoms with Crippen LogP contribution in [-0.2, 0) is 14.3 Å². The summed E-state index contributed by atoms with van der Waals surface area (Å²) in [4.78, 5) is 23.8. The lowest BCUT2D eigenvalue weighted by Crippen LogP contribution is -2.20. The van der Waals surface area contributed by atoms with E-state index in [-0.39, 0.29) is 0 Å². The first-order valence-electron chi connectivity index (χ1n) is 8.75. The SMILES string of the molecule is C=CCOc1ccc(/C=C/C(=O)OCC(=O)Nc2ccc(Cl)cc2C)cc1OC. The molecular weight excluding hydrogens is 394 g/mol. The second-order valence-corrected chi connectivity index (χ2v) is 6.39. The van der Waals surface area contributed by atoms with Gasteiger partial charge in [0.15, 0.2) is 18.1 Å². The highest BCUT2D eigenvalue weighted by Gasteiger charge is 2.08. The minimum atomic E-state index is -0.640. The van der Waals surface area contributed by atoms with Crippen LogP contribution in [0.15, 0.2) is 55.1 Å². The highest BCUT2D eigenvalue weighted by molar-refractivity contribution is 6.30. The van der Waals surface area contributed by atoms with Crippen LogP contribution in [0.25, 0.3) is 6.08 Å². The third-order valence-corrected chi connectivity index (χ3v) is 4.00. The number of esters is 1. The molecule has 0 fully saturated rings. The summed E-state index contributed by atoms with van der Waals surface area (Å²) in [5.41, 5.74) is 2.13. The van der Waals surface area contributed by atoms with Crippen molar-refractivity contribution in [3.63, 3.8) is 0 Å². The minimum absolute atomic E-state index is 0.357. The molecule has 152 valence electrons. The van der Waals surface area contributed by atoms with Gasteiger partial charge < -0.3 is 19.5 Å². The quantitative estimate of drug-likeness (QED) is 0.373. The van der Waals surface area contributed by atoms with Crippen LogP contribution < -0.4 is 14.8 Å². The number of carbonyl (C=O) groups is 2. The summed E-state index contributed by atoms with van der Waals surface area (Å²) in [6.07, 6.45) is 4.43. The normalized spacial score (nSPS) is 10.4. The number of carbonyl (C=O) groups excluding carboxylic acids is 2. The lowest BCUT2D eigenvalue weighted by atomic mass is 10.2. The number of rotatable bonds is 9. The Morgan fingerprint density at radius 3 is 2.66 bits per heavy atom. The summed E-state index contributed by atoms with van der Waals surface area (Å²) in [7, 11) is 1.53. The van der Waals surface area contributed by atoms with Crippen LogP contribution in [0.5, 0.6) is 11.5 Å². The number of hydrogen-bond donors (Lipinski definition) is 1. The van der Waals surface area contributed by atoms with Crippen LogP contribution >= 0.6 is 11.6 Å². The first kappa shape index (κ1) is 22.0. The molecule has 0 aliphatic heterocycles. The van der Waals surface area contributed by atoms with Gasteiger partial charge in [-0.1, -0.05) is 30.3 Å². The zero-order chi connectivity index (χ0) is 21.2. The Hall–Kier alpha value is -3.25. The van der Waals surface area contributed by atoms with Gasteiger partial charge in [0, 0.05) is 16.8 Å². The van der Waals surface area contributed by atoms with Crippen LogP contribution in [-0.4, -0.2) is 32.2 Å². The topological polar surface area (TPSA) is 73.9 Å². The molecule has 1 N–H and O–H groups in total. The number of ether oxygens (including phenoxy) is 3. The molecule has 0 atom stereocenters. The third kappa shape index (κ3) is 7.01. The Morgan fingerprint density at radius 1 is 1.17 bits per heavy atom. The summed E-state index contributed by atoms with van der Waals surface area (Å²) in [6.45, 7) is 5.37. The molecule has 2 aromatic rings. The van der Waals surface area contributed by atoms with Crippen molar-refractivity contribution in [2.45, 2.75) is 6.92 Å². The number of nitrogens with one attached hydrogen (secondary N) is 1. The standard InChI is InChI=1S/C22H22ClNO5/c1-4-11-28-19-9-5-16(13-20(19)27-3)6-10-22(26)29-14-21(25)24-18-8-7-17(23)12-15(18)2/h4-10,12-13H,1,11,14H2,2-3H3,(H,24,25)/b10-6+. The van der Waals surface area contributed by atoms with Crippen LogP contribution in [0.1, 0.15) is 11.1 Å². The molecule has 29 heavy (non-hydrogen) atoms. The zero-order valence-electron chi connectivity index (χ0n) is 16.2. The number of aryl methyl sites for hydroxylation is 1. The van der Waals surface area contributed by atoms with E-state index in [1.54, 1.807) is 48.6 Å². The van der Waals surface area contributed by atoms with Gasteiger partial charge in [0.1, 0.15) is 6.61 Å². The Bertz CT molecular complexity index is 923. The van der Waals surface area contributed by atoms with Crippen LogP contribution in [0, 0.1) is 6.92 Å². The van der Waals surface area contributed by atoms with Gasteiger partial charge in [-0.25, -0.2) is 4.79 Å². The Labute approximate surface area is 174 Å². The number of anilines is 1. The van der Waals surface area contributed by atoms with Gasteiger partial charge in [-0.3, -0.25) is 4.79 Å². The van der Waals surface area contributed by atoms with Gasteiger partial charge in [-0.05, 0) is 54.5 Å². The first-order chi connectivity index (χ1) is 13.9. The number of benzene rings is 2. The van der Waals surface area contributed by atoms with Gasteiger partial charge in [-0.15, -0.1) is 0 Å². The summed E-state index contributed by atoms with van der Waals surface area (Å²) >= 11 is 5.88. The van der Waals surface area contributed by atoms with E-state index in [2.05, 4.69) is 11.9 Å². The van der Waals surface area contributed by atoms with Gasteiger partial charge in [0.05, 0.1) is 7.11 Å². The highest BCUT2D eigenvalue weighted by Crippen LogP contribution is 2.28.